The van der Waals surface area contributed by atoms with Crippen molar-refractivity contribution in [2.24, 2.45) is 0 Å². The van der Waals surface area contributed by atoms with Gasteiger partial charge < -0.3 is 5.32 Å². The number of fused-ring (bicyclic) bond motifs is 1. The number of aromatic nitrogens is 3. The third-order valence-corrected chi connectivity index (χ3v) is 4.22. The first-order chi connectivity index (χ1) is 11.8. The Labute approximate surface area is 147 Å². The topological polar surface area (TPSA) is 50.7 Å². The third kappa shape index (κ3) is 3.51. The zero-order chi connectivity index (χ0) is 18.2. The molecule has 0 bridgehead atoms. The average Bonchev–Trinajstić information content (AvgIpc) is 2.54. The molecule has 3 aromatic rings. The van der Waals surface area contributed by atoms with Gasteiger partial charge in [0, 0.05) is 17.0 Å². The van der Waals surface area contributed by atoms with Crippen molar-refractivity contribution in [1.82, 2.24) is 15.2 Å². The van der Waals surface area contributed by atoms with Crippen molar-refractivity contribution in [3.05, 3.63) is 58.5 Å². The third-order valence-electron chi connectivity index (χ3n) is 4.01. The number of hydrogen-bond donors (Lipinski definition) is 1. The number of anilines is 1. The maximum absolute atomic E-state index is 13.1. The predicted molar refractivity (Wildman–Crippen MR) is 90.6 cm³/mol. The van der Waals surface area contributed by atoms with Gasteiger partial charge in [0.15, 0.2) is 5.82 Å². The number of nitrogens with zero attached hydrogens (tertiary/aromatic N) is 3. The molecule has 130 valence electrons. The van der Waals surface area contributed by atoms with Crippen molar-refractivity contribution in [1.29, 1.82) is 0 Å². The molecule has 4 nitrogen and oxygen atoms in total. The van der Waals surface area contributed by atoms with Crippen LogP contribution in [0.4, 0.5) is 19.0 Å². The molecule has 2 heterocycles. The van der Waals surface area contributed by atoms with Crippen LogP contribution in [0.25, 0.3) is 10.8 Å². The summed E-state index contributed by atoms with van der Waals surface area (Å²) in [5.74, 6) is 0.436. The van der Waals surface area contributed by atoms with E-state index in [1.807, 2.05) is 0 Å². The Hall–Kier alpha value is -2.41. The van der Waals surface area contributed by atoms with Gasteiger partial charge in [-0.15, -0.1) is 5.10 Å². The Morgan fingerprint density at radius 1 is 1.20 bits per heavy atom. The van der Waals surface area contributed by atoms with E-state index in [0.717, 1.165) is 11.5 Å². The molecule has 0 aliphatic heterocycles. The van der Waals surface area contributed by atoms with Gasteiger partial charge in [0.05, 0.1) is 17.8 Å². The van der Waals surface area contributed by atoms with Crippen molar-refractivity contribution in [3.8, 4) is 0 Å². The fourth-order valence-electron chi connectivity index (χ4n) is 2.77. The Bertz CT molecular complexity index is 927. The summed E-state index contributed by atoms with van der Waals surface area (Å²) in [6, 6.07) is 5.37. The monoisotopic (exact) mass is 366 g/mol. The first-order valence-electron chi connectivity index (χ1n) is 7.47. The minimum atomic E-state index is -4.39. The molecule has 0 spiro atoms. The highest BCUT2D eigenvalue weighted by Crippen LogP contribution is 2.35. The minimum Gasteiger partial charge on any atom is -0.362 e. The summed E-state index contributed by atoms with van der Waals surface area (Å²) in [6.07, 6.45) is -1.28. The summed E-state index contributed by atoms with van der Waals surface area (Å²) >= 11 is 5.93. The van der Waals surface area contributed by atoms with Gasteiger partial charge in [-0.3, -0.25) is 0 Å². The number of benzene rings is 1. The molecular weight excluding hydrogens is 353 g/mol. The number of pyridine rings is 1. The second kappa shape index (κ2) is 6.48. The molecule has 0 aliphatic rings. The Kier molecular flexibility index (Phi) is 4.51. The van der Waals surface area contributed by atoms with E-state index in [-0.39, 0.29) is 5.56 Å². The lowest BCUT2D eigenvalue weighted by Gasteiger charge is -2.20. The van der Waals surface area contributed by atoms with Crippen LogP contribution >= 0.6 is 11.6 Å². The molecule has 0 saturated carbocycles. The molecule has 0 aliphatic carbocycles. The summed E-state index contributed by atoms with van der Waals surface area (Å²) in [7, 11) is 0. The van der Waals surface area contributed by atoms with Crippen LogP contribution in [0.15, 0.2) is 36.7 Å². The van der Waals surface area contributed by atoms with Crippen molar-refractivity contribution >= 4 is 28.2 Å². The number of alkyl halides is 3. The van der Waals surface area contributed by atoms with Crippen LogP contribution in [0.5, 0.6) is 0 Å². The van der Waals surface area contributed by atoms with Gasteiger partial charge in [0.25, 0.3) is 0 Å². The molecule has 0 unspecified atom stereocenters. The molecule has 0 radical (unpaired) electrons. The summed E-state index contributed by atoms with van der Waals surface area (Å²) in [5, 5.41) is 12.8. The number of hydrogen-bond acceptors (Lipinski definition) is 4. The predicted octanol–water partition coefficient (Wildman–Crippen LogP) is 5.18. The standard InChI is InChI=1S/C17H14ClF3N4/c1-9-12(4-3-5-14(9)17(19,20)21)10(2)24-16-13-6-15(18)22-7-11(13)8-23-25-16/h3-8,10H,1-2H3,(H,24,25)/t10-/m1/s1. The molecule has 8 heteroatoms. The highest BCUT2D eigenvalue weighted by molar-refractivity contribution is 6.30. The smallest absolute Gasteiger partial charge is 0.362 e. The summed E-state index contributed by atoms with van der Waals surface area (Å²) in [5.41, 5.74) is 0.0755. The van der Waals surface area contributed by atoms with E-state index in [2.05, 4.69) is 20.5 Å². The van der Waals surface area contributed by atoms with Crippen LogP contribution in [0.3, 0.4) is 0 Å². The first-order valence-corrected chi connectivity index (χ1v) is 7.85. The Morgan fingerprint density at radius 3 is 2.68 bits per heavy atom. The van der Waals surface area contributed by atoms with Crippen LogP contribution in [0.2, 0.25) is 5.15 Å². The zero-order valence-corrected chi connectivity index (χ0v) is 14.2. The average molecular weight is 367 g/mol. The van der Waals surface area contributed by atoms with E-state index in [1.165, 1.54) is 13.0 Å². The second-order valence-electron chi connectivity index (χ2n) is 5.67. The quantitative estimate of drug-likeness (QED) is 0.649. The molecular formula is C17H14ClF3N4. The molecule has 0 fully saturated rings. The van der Waals surface area contributed by atoms with Crippen LogP contribution in [-0.4, -0.2) is 15.2 Å². The summed E-state index contributed by atoms with van der Waals surface area (Å²) < 4.78 is 39.3. The van der Waals surface area contributed by atoms with E-state index < -0.39 is 17.8 Å². The molecule has 0 amide bonds. The zero-order valence-electron chi connectivity index (χ0n) is 13.4. The van der Waals surface area contributed by atoms with Crippen molar-refractivity contribution in [2.75, 3.05) is 5.32 Å². The molecule has 1 atom stereocenters. The van der Waals surface area contributed by atoms with Crippen LogP contribution in [0, 0.1) is 6.92 Å². The molecule has 2 aromatic heterocycles. The number of rotatable bonds is 3. The molecule has 1 aromatic carbocycles. The highest BCUT2D eigenvalue weighted by Gasteiger charge is 2.33. The van der Waals surface area contributed by atoms with Gasteiger partial charge in [0.1, 0.15) is 5.15 Å². The largest absolute Gasteiger partial charge is 0.416 e. The Morgan fingerprint density at radius 2 is 1.96 bits per heavy atom. The number of nitrogens with one attached hydrogen (secondary N) is 1. The van der Waals surface area contributed by atoms with Crippen molar-refractivity contribution < 1.29 is 13.2 Å². The van der Waals surface area contributed by atoms with Crippen molar-refractivity contribution in [2.45, 2.75) is 26.1 Å². The Balaban J connectivity index is 1.99. The van der Waals surface area contributed by atoms with Crippen molar-refractivity contribution in [3.63, 3.8) is 0 Å². The fourth-order valence-corrected chi connectivity index (χ4v) is 2.93. The minimum absolute atomic E-state index is 0.183. The molecule has 25 heavy (non-hydrogen) atoms. The van der Waals surface area contributed by atoms with Gasteiger partial charge in [-0.2, -0.15) is 18.3 Å². The van der Waals surface area contributed by atoms with Gasteiger partial charge in [0.2, 0.25) is 0 Å². The lowest BCUT2D eigenvalue weighted by molar-refractivity contribution is -0.138. The molecule has 0 saturated heterocycles. The van der Waals surface area contributed by atoms with Gasteiger partial charge in [-0.25, -0.2) is 4.98 Å². The maximum atomic E-state index is 13.1. The second-order valence-corrected chi connectivity index (χ2v) is 6.06. The normalized spacial score (nSPS) is 13.0. The molecule has 3 rings (SSSR count). The van der Waals surface area contributed by atoms with Crippen LogP contribution in [-0.2, 0) is 6.18 Å². The van der Waals surface area contributed by atoms with Gasteiger partial charge in [-0.05, 0) is 37.1 Å². The number of halogens is 4. The fraction of sp³-hybridized carbons (Fsp3) is 0.235. The highest BCUT2D eigenvalue weighted by atomic mass is 35.5. The lowest BCUT2D eigenvalue weighted by atomic mass is 9.97. The van der Waals surface area contributed by atoms with Gasteiger partial charge in [-0.1, -0.05) is 23.7 Å². The van der Waals surface area contributed by atoms with Crippen LogP contribution in [0.1, 0.15) is 29.7 Å². The first kappa shape index (κ1) is 17.4. The maximum Gasteiger partial charge on any atom is 0.416 e. The van der Waals surface area contributed by atoms with E-state index in [4.69, 9.17) is 11.6 Å². The van der Waals surface area contributed by atoms with E-state index >= 15 is 0 Å². The van der Waals surface area contributed by atoms with Crippen LogP contribution < -0.4 is 5.32 Å². The van der Waals surface area contributed by atoms with E-state index in [0.29, 0.717) is 21.9 Å². The van der Waals surface area contributed by atoms with Gasteiger partial charge >= 0.3 is 6.18 Å². The summed E-state index contributed by atoms with van der Waals surface area (Å²) in [6.45, 7) is 3.23. The SMILES string of the molecule is Cc1c([C@@H](C)Nc2nncc3cnc(Cl)cc23)cccc1C(F)(F)F. The van der Waals surface area contributed by atoms with E-state index in [9.17, 15) is 13.2 Å². The molecule has 1 N–H and O–H groups in total. The summed E-state index contributed by atoms with van der Waals surface area (Å²) in [4.78, 5) is 3.98. The van der Waals surface area contributed by atoms with E-state index in [1.54, 1.807) is 31.5 Å². The lowest BCUT2D eigenvalue weighted by Crippen LogP contribution is -2.14.